The molecular formula is C22H28N8O4. The highest BCUT2D eigenvalue weighted by Crippen LogP contribution is 2.47. The van der Waals surface area contributed by atoms with Gasteiger partial charge in [0.05, 0.1) is 29.0 Å². The molecule has 180 valence electrons. The van der Waals surface area contributed by atoms with Gasteiger partial charge < -0.3 is 14.7 Å². The molecule has 1 spiro atoms. The van der Waals surface area contributed by atoms with Gasteiger partial charge in [0.25, 0.3) is 0 Å². The van der Waals surface area contributed by atoms with Crippen molar-refractivity contribution in [2.45, 2.75) is 51.6 Å². The fourth-order valence-corrected chi connectivity index (χ4v) is 5.36. The van der Waals surface area contributed by atoms with Crippen molar-refractivity contribution in [2.75, 3.05) is 26.3 Å². The van der Waals surface area contributed by atoms with Crippen LogP contribution in [0.15, 0.2) is 29.7 Å². The van der Waals surface area contributed by atoms with Crippen molar-refractivity contribution in [1.29, 1.82) is 0 Å². The van der Waals surface area contributed by atoms with Crippen LogP contribution in [0.1, 0.15) is 44.7 Å². The van der Waals surface area contributed by atoms with Gasteiger partial charge in [-0.05, 0) is 61.6 Å². The summed E-state index contributed by atoms with van der Waals surface area (Å²) in [4.78, 5) is 29.1. The summed E-state index contributed by atoms with van der Waals surface area (Å²) in [6.45, 7) is 3.69. The standard InChI is InChI=1S/C22H28N8O4/c1-15-18(13-34-20(15)32)29-9-8-22(21(29)33)6-4-17(5-7-22)28(10-11-31)12-16-2-3-19(25-24-16)30-14-23-26-27-30/h2-3,14,17,31H,4-13H2,1H3. The number of hydrogen-bond acceptors (Lipinski definition) is 10. The fourth-order valence-electron chi connectivity index (χ4n) is 5.36. The molecule has 0 aromatic carbocycles. The van der Waals surface area contributed by atoms with E-state index in [0.29, 0.717) is 31.0 Å². The third-order valence-corrected chi connectivity index (χ3v) is 7.39. The largest absolute Gasteiger partial charge is 0.456 e. The summed E-state index contributed by atoms with van der Waals surface area (Å²) in [5, 5.41) is 29.2. The molecule has 3 aliphatic rings. The van der Waals surface area contributed by atoms with Crippen molar-refractivity contribution in [1.82, 2.24) is 40.2 Å². The maximum absolute atomic E-state index is 13.4. The van der Waals surface area contributed by atoms with Crippen LogP contribution in [0.2, 0.25) is 0 Å². The first-order valence-corrected chi connectivity index (χ1v) is 11.6. The number of tetrazole rings is 1. The molecule has 34 heavy (non-hydrogen) atoms. The molecule has 2 aliphatic heterocycles. The van der Waals surface area contributed by atoms with E-state index < -0.39 is 0 Å². The second kappa shape index (κ2) is 9.18. The van der Waals surface area contributed by atoms with E-state index in [1.807, 2.05) is 12.1 Å². The molecule has 1 saturated heterocycles. The van der Waals surface area contributed by atoms with Gasteiger partial charge in [0.2, 0.25) is 5.91 Å². The van der Waals surface area contributed by atoms with Gasteiger partial charge in [0, 0.05) is 25.7 Å². The van der Waals surface area contributed by atoms with Crippen molar-refractivity contribution in [2.24, 2.45) is 5.41 Å². The molecule has 0 unspecified atom stereocenters. The maximum atomic E-state index is 13.4. The number of rotatable bonds is 7. The second-order valence-electron chi connectivity index (χ2n) is 9.20. The number of carbonyl (C=O) groups is 2. The number of amides is 1. The number of likely N-dealkylation sites (tertiary alicyclic amines) is 1. The number of aliphatic hydroxyl groups excluding tert-OH is 1. The Labute approximate surface area is 196 Å². The smallest absolute Gasteiger partial charge is 0.336 e. The number of aromatic nitrogens is 6. The molecule has 12 heteroatoms. The number of cyclic esters (lactones) is 1. The van der Waals surface area contributed by atoms with Crippen LogP contribution in [-0.2, 0) is 20.9 Å². The number of nitrogens with zero attached hydrogens (tertiary/aromatic N) is 8. The summed E-state index contributed by atoms with van der Waals surface area (Å²) in [5.74, 6) is 0.323. The summed E-state index contributed by atoms with van der Waals surface area (Å²) in [7, 11) is 0. The second-order valence-corrected chi connectivity index (χ2v) is 9.20. The van der Waals surface area contributed by atoms with Crippen molar-refractivity contribution < 1.29 is 19.4 Å². The summed E-state index contributed by atoms with van der Waals surface area (Å²) in [6, 6.07) is 3.95. The van der Waals surface area contributed by atoms with Crippen LogP contribution in [0.25, 0.3) is 5.82 Å². The number of carbonyl (C=O) groups excluding carboxylic acids is 2. The third-order valence-electron chi connectivity index (χ3n) is 7.39. The van der Waals surface area contributed by atoms with E-state index in [1.54, 1.807) is 11.8 Å². The van der Waals surface area contributed by atoms with E-state index in [9.17, 15) is 14.7 Å². The zero-order valence-electron chi connectivity index (χ0n) is 19.1. The first-order chi connectivity index (χ1) is 16.5. The van der Waals surface area contributed by atoms with Gasteiger partial charge in [0.1, 0.15) is 12.9 Å². The lowest BCUT2D eigenvalue weighted by Gasteiger charge is -2.40. The maximum Gasteiger partial charge on any atom is 0.336 e. The van der Waals surface area contributed by atoms with E-state index in [1.165, 1.54) is 11.0 Å². The molecule has 2 aromatic heterocycles. The van der Waals surface area contributed by atoms with Crippen LogP contribution in [0.3, 0.4) is 0 Å². The quantitative estimate of drug-likeness (QED) is 0.562. The fraction of sp³-hybridized carbons (Fsp3) is 0.591. The molecule has 2 fully saturated rings. The highest BCUT2D eigenvalue weighted by Gasteiger charge is 2.50. The summed E-state index contributed by atoms with van der Waals surface area (Å²) in [6.07, 6.45) is 5.57. The first-order valence-electron chi connectivity index (χ1n) is 11.6. The predicted molar refractivity (Wildman–Crippen MR) is 117 cm³/mol. The van der Waals surface area contributed by atoms with Crippen molar-refractivity contribution >= 4 is 11.9 Å². The van der Waals surface area contributed by atoms with Gasteiger partial charge in [-0.3, -0.25) is 9.69 Å². The third kappa shape index (κ3) is 4.07. The molecule has 2 aromatic rings. The van der Waals surface area contributed by atoms with Gasteiger partial charge in [-0.25, -0.2) is 4.79 Å². The summed E-state index contributed by atoms with van der Waals surface area (Å²) in [5.41, 5.74) is 1.69. The lowest BCUT2D eigenvalue weighted by Crippen LogP contribution is -2.44. The normalized spacial score (nSPS) is 25.1. The zero-order chi connectivity index (χ0) is 23.7. The monoisotopic (exact) mass is 468 g/mol. The SMILES string of the molecule is CC1=C(N2CCC3(CCC(N(CCO)Cc4ccc(-n5cnnn5)nn4)CC3)C2=O)COC1=O. The minimum atomic E-state index is -0.367. The van der Waals surface area contributed by atoms with E-state index in [0.717, 1.165) is 43.5 Å². The average Bonchev–Trinajstić information content (AvgIpc) is 3.57. The van der Waals surface area contributed by atoms with Gasteiger partial charge in [-0.2, -0.15) is 9.78 Å². The molecule has 1 amide bonds. The van der Waals surface area contributed by atoms with Gasteiger partial charge in [0.15, 0.2) is 5.82 Å². The van der Waals surface area contributed by atoms with E-state index in [4.69, 9.17) is 4.74 Å². The Morgan fingerprint density at radius 1 is 1.21 bits per heavy atom. The van der Waals surface area contributed by atoms with Crippen molar-refractivity contribution in [3.05, 3.63) is 35.4 Å². The number of esters is 1. The first kappa shape index (κ1) is 22.5. The van der Waals surface area contributed by atoms with Gasteiger partial charge in [-0.15, -0.1) is 10.2 Å². The molecule has 0 radical (unpaired) electrons. The van der Waals surface area contributed by atoms with Crippen molar-refractivity contribution in [3.8, 4) is 5.82 Å². The molecule has 4 heterocycles. The number of hydrogen-bond donors (Lipinski definition) is 1. The summed E-state index contributed by atoms with van der Waals surface area (Å²) >= 11 is 0. The van der Waals surface area contributed by atoms with Crippen LogP contribution >= 0.6 is 0 Å². The van der Waals surface area contributed by atoms with Crippen LogP contribution in [0.4, 0.5) is 0 Å². The molecule has 1 aliphatic carbocycles. The van der Waals surface area contributed by atoms with Crippen LogP contribution in [-0.4, -0.2) is 89.5 Å². The Morgan fingerprint density at radius 3 is 2.65 bits per heavy atom. The number of ether oxygens (including phenoxy) is 1. The van der Waals surface area contributed by atoms with Crippen molar-refractivity contribution in [3.63, 3.8) is 0 Å². The Bertz CT molecular complexity index is 1080. The molecule has 1 saturated carbocycles. The van der Waals surface area contributed by atoms with Gasteiger partial charge in [-0.1, -0.05) is 0 Å². The zero-order valence-corrected chi connectivity index (χ0v) is 19.1. The molecule has 5 rings (SSSR count). The lowest BCUT2D eigenvalue weighted by atomic mass is 9.71. The predicted octanol–water partition coefficient (Wildman–Crippen LogP) is 0.239. The lowest BCUT2D eigenvalue weighted by molar-refractivity contribution is -0.138. The molecular weight excluding hydrogens is 440 g/mol. The Morgan fingerprint density at radius 2 is 2.03 bits per heavy atom. The van der Waals surface area contributed by atoms with E-state index in [2.05, 4.69) is 30.6 Å². The topological polar surface area (TPSA) is 139 Å². The Kier molecular flexibility index (Phi) is 6.09. The highest BCUT2D eigenvalue weighted by atomic mass is 16.5. The van der Waals surface area contributed by atoms with Crippen LogP contribution in [0.5, 0.6) is 0 Å². The minimum Gasteiger partial charge on any atom is -0.456 e. The molecule has 0 bridgehead atoms. The van der Waals surface area contributed by atoms with Gasteiger partial charge >= 0.3 is 5.97 Å². The molecule has 0 atom stereocenters. The molecule has 12 nitrogen and oxygen atoms in total. The highest BCUT2D eigenvalue weighted by molar-refractivity contribution is 5.94. The van der Waals surface area contributed by atoms with Crippen LogP contribution < -0.4 is 0 Å². The number of aliphatic hydroxyl groups is 1. The van der Waals surface area contributed by atoms with Crippen LogP contribution in [0, 0.1) is 5.41 Å². The van der Waals surface area contributed by atoms with E-state index >= 15 is 0 Å². The minimum absolute atomic E-state index is 0.0476. The Balaban J connectivity index is 1.23. The Hall–Kier alpha value is -3.25. The van der Waals surface area contributed by atoms with E-state index in [-0.39, 0.29) is 36.5 Å². The molecule has 1 N–H and O–H groups in total. The average molecular weight is 469 g/mol. The summed E-state index contributed by atoms with van der Waals surface area (Å²) < 4.78 is 6.56.